The van der Waals surface area contributed by atoms with Gasteiger partial charge in [-0.25, -0.2) is 28.5 Å². The van der Waals surface area contributed by atoms with Crippen LogP contribution in [0.15, 0.2) is 58.4 Å². The highest BCUT2D eigenvalue weighted by molar-refractivity contribution is 7.92. The second-order valence-corrected chi connectivity index (χ2v) is 11.8. The van der Waals surface area contributed by atoms with Crippen molar-refractivity contribution in [1.29, 1.82) is 0 Å². The molecule has 1 saturated heterocycles. The topological polar surface area (TPSA) is 127 Å². The van der Waals surface area contributed by atoms with Gasteiger partial charge in [-0.15, -0.1) is 11.3 Å². The molecule has 1 aliphatic heterocycles. The Labute approximate surface area is 254 Å². The molecule has 4 aromatic rings. The van der Waals surface area contributed by atoms with Crippen molar-refractivity contribution in [2.75, 3.05) is 35.5 Å². The number of benzene rings is 2. The Morgan fingerprint density at radius 3 is 2.48 bits per heavy atom. The van der Waals surface area contributed by atoms with E-state index in [4.69, 9.17) is 16.3 Å². The first-order valence-corrected chi connectivity index (χ1v) is 15.1. The lowest BCUT2D eigenvalue weighted by Crippen LogP contribution is -2.44. The number of hydrogen-bond donors (Lipinski definition) is 1. The summed E-state index contributed by atoms with van der Waals surface area (Å²) < 4.78 is 100. The molecule has 0 spiro atoms. The van der Waals surface area contributed by atoms with Crippen LogP contribution in [0.3, 0.4) is 0 Å². The van der Waals surface area contributed by atoms with Crippen LogP contribution in [0.4, 0.5) is 33.7 Å². The minimum atomic E-state index is -5.61. The summed E-state index contributed by atoms with van der Waals surface area (Å²) in [4.78, 5) is 28.3. The molecule has 0 aliphatic carbocycles. The van der Waals surface area contributed by atoms with Crippen molar-refractivity contribution in [2.45, 2.75) is 11.1 Å². The third kappa shape index (κ3) is 6.67. The summed E-state index contributed by atoms with van der Waals surface area (Å²) in [6.07, 6.45) is -4.11. The van der Waals surface area contributed by atoms with Gasteiger partial charge in [0.1, 0.15) is 16.5 Å². The zero-order valence-corrected chi connectivity index (χ0v) is 24.3. The molecule has 1 fully saturated rings. The highest BCUT2D eigenvalue weighted by Gasteiger charge is 2.46. The van der Waals surface area contributed by atoms with E-state index in [2.05, 4.69) is 25.1 Å². The van der Waals surface area contributed by atoms with Crippen molar-refractivity contribution in [2.24, 2.45) is 0 Å². The van der Waals surface area contributed by atoms with E-state index in [9.17, 15) is 26.4 Å². The maximum absolute atomic E-state index is 15.3. The molecule has 0 amide bonds. The van der Waals surface area contributed by atoms with Crippen LogP contribution < -0.4 is 19.4 Å². The quantitative estimate of drug-likeness (QED) is 0.202. The molecule has 0 radical (unpaired) electrons. The van der Waals surface area contributed by atoms with Gasteiger partial charge in [0.05, 0.1) is 11.2 Å². The molecular weight excluding hydrogens is 659 g/mol. The molecule has 0 atom stereocenters. The minimum absolute atomic E-state index is 0.0449. The van der Waals surface area contributed by atoms with Gasteiger partial charge in [0, 0.05) is 60.5 Å². The Bertz CT molecular complexity index is 1790. The number of nitrogens with zero attached hydrogens (tertiary/aromatic N) is 5. The number of sulfonamides is 1. The van der Waals surface area contributed by atoms with Crippen molar-refractivity contribution in [1.82, 2.24) is 20.3 Å². The van der Waals surface area contributed by atoms with E-state index >= 15 is 8.78 Å². The molecule has 1 N–H and O–H groups in total. The summed E-state index contributed by atoms with van der Waals surface area (Å²) in [5.41, 5.74) is 1.61. The maximum atomic E-state index is 15.3. The smallest absolute Gasteiger partial charge is 0.453 e. The zero-order valence-electron chi connectivity index (χ0n) is 21.9. The molecule has 1 aliphatic rings. The summed E-state index contributed by atoms with van der Waals surface area (Å²) in [5, 5.41) is 4.39. The molecule has 2 aromatic heterocycles. The number of alkyl halides is 3. The molecule has 11 nitrogen and oxygen atoms in total. The normalized spacial score (nSPS) is 13.9. The van der Waals surface area contributed by atoms with Crippen LogP contribution in [0.1, 0.15) is 0 Å². The number of nitrogens with one attached hydrogen (secondary N) is 1. The lowest BCUT2D eigenvalue weighted by Gasteiger charge is -2.27. The molecular formula is C25H18ClF5N6O5S2. The lowest BCUT2D eigenvalue weighted by atomic mass is 10.1. The summed E-state index contributed by atoms with van der Waals surface area (Å²) >= 11 is 6.92. The first-order chi connectivity index (χ1) is 20.8. The van der Waals surface area contributed by atoms with E-state index in [1.54, 1.807) is 6.07 Å². The van der Waals surface area contributed by atoms with Crippen LogP contribution in [-0.2, 0) is 19.7 Å². The second kappa shape index (κ2) is 12.5. The van der Waals surface area contributed by atoms with Gasteiger partial charge in [-0.05, 0) is 24.3 Å². The average Bonchev–Trinajstić information content (AvgIpc) is 3.52. The number of thiazole rings is 1. The molecule has 44 heavy (non-hydrogen) atoms. The van der Waals surface area contributed by atoms with E-state index in [1.807, 2.05) is 4.90 Å². The molecule has 232 valence electrons. The van der Waals surface area contributed by atoms with Crippen LogP contribution in [0.5, 0.6) is 11.5 Å². The molecule has 0 bridgehead atoms. The number of rotatable bonds is 8. The number of hydrogen-bond acceptors (Lipinski definition) is 11. The standard InChI is InChI=1S/C25H18ClF5N6O5S2/c26-14-1-2-19(15(9-14)18-3-4-33-24(35-18)36-7-5-32-6-8-36)41-20-10-17(28)21(11-16(20)27)44(39,40)37(22-12-43-13-34-22)42-23(38)25(29,30)31/h1-4,9-13,32H,5-8H2. The van der Waals surface area contributed by atoms with Gasteiger partial charge >= 0.3 is 12.1 Å². The van der Waals surface area contributed by atoms with Crippen LogP contribution in [0.2, 0.25) is 5.02 Å². The van der Waals surface area contributed by atoms with E-state index in [1.165, 1.54) is 24.4 Å². The van der Waals surface area contributed by atoms with Gasteiger partial charge in [-0.1, -0.05) is 16.1 Å². The number of aromatic nitrogens is 3. The van der Waals surface area contributed by atoms with Gasteiger partial charge < -0.3 is 19.8 Å². The second-order valence-electron chi connectivity index (χ2n) is 8.89. The number of halogens is 6. The van der Waals surface area contributed by atoms with E-state index < -0.39 is 54.7 Å². The van der Waals surface area contributed by atoms with Gasteiger partial charge in [-0.2, -0.15) is 21.6 Å². The van der Waals surface area contributed by atoms with Gasteiger partial charge in [0.25, 0.3) is 10.0 Å². The summed E-state index contributed by atoms with van der Waals surface area (Å²) in [6, 6.07) is 6.32. The summed E-state index contributed by atoms with van der Waals surface area (Å²) in [7, 11) is -5.47. The van der Waals surface area contributed by atoms with Crippen LogP contribution in [0, 0.1) is 11.6 Å². The first kappa shape index (κ1) is 31.3. The molecule has 19 heteroatoms. The fourth-order valence-corrected chi connectivity index (χ4v) is 5.94. The molecule has 3 heterocycles. The van der Waals surface area contributed by atoms with E-state index in [0.29, 0.717) is 30.8 Å². The SMILES string of the molecule is O=C(ON(c1cscn1)S(=O)(=O)c1cc(F)c(Oc2ccc(Cl)cc2-c2ccnc(N3CCNCC3)n2)cc1F)C(F)(F)F. The third-order valence-corrected chi connectivity index (χ3v) is 8.34. The monoisotopic (exact) mass is 676 g/mol. The Morgan fingerprint density at radius 1 is 1.05 bits per heavy atom. The Balaban J connectivity index is 1.49. The number of anilines is 2. The van der Waals surface area contributed by atoms with Crippen molar-refractivity contribution in [3.8, 4) is 22.8 Å². The van der Waals surface area contributed by atoms with Crippen molar-refractivity contribution >= 4 is 50.7 Å². The van der Waals surface area contributed by atoms with Crippen molar-refractivity contribution < 1.29 is 44.7 Å². The Kier molecular flexibility index (Phi) is 8.87. The predicted molar refractivity (Wildman–Crippen MR) is 148 cm³/mol. The molecule has 2 aromatic carbocycles. The first-order valence-electron chi connectivity index (χ1n) is 12.3. The van der Waals surface area contributed by atoms with E-state index in [-0.39, 0.29) is 22.4 Å². The number of ether oxygens (including phenoxy) is 1. The summed E-state index contributed by atoms with van der Waals surface area (Å²) in [5.74, 6) is -7.21. The molecule has 0 saturated carbocycles. The zero-order chi connectivity index (χ0) is 31.6. The van der Waals surface area contributed by atoms with Crippen LogP contribution in [0.25, 0.3) is 11.3 Å². The largest absolute Gasteiger partial charge is 0.493 e. The highest BCUT2D eigenvalue weighted by Crippen LogP contribution is 2.38. The van der Waals surface area contributed by atoms with Gasteiger partial charge in [-0.3, -0.25) is 0 Å². The van der Waals surface area contributed by atoms with E-state index in [0.717, 1.165) is 35.3 Å². The maximum Gasteiger partial charge on any atom is 0.493 e. The fourth-order valence-electron chi connectivity index (χ4n) is 3.94. The Morgan fingerprint density at radius 2 is 1.80 bits per heavy atom. The molecule has 0 unspecified atom stereocenters. The lowest BCUT2D eigenvalue weighted by molar-refractivity contribution is -0.199. The molecule has 5 rings (SSSR count). The minimum Gasteiger partial charge on any atom is -0.453 e. The van der Waals surface area contributed by atoms with Crippen LogP contribution >= 0.6 is 22.9 Å². The highest BCUT2D eigenvalue weighted by atomic mass is 35.5. The number of piperazine rings is 1. The Hall–Kier alpha value is -4.13. The third-order valence-electron chi connectivity index (χ3n) is 5.97. The average molecular weight is 677 g/mol. The number of carbonyl (C=O) groups excluding carboxylic acids is 1. The van der Waals surface area contributed by atoms with Crippen molar-refractivity contribution in [3.63, 3.8) is 0 Å². The van der Waals surface area contributed by atoms with Gasteiger partial charge in [0.15, 0.2) is 17.4 Å². The predicted octanol–water partition coefficient (Wildman–Crippen LogP) is 4.95. The van der Waals surface area contributed by atoms with Gasteiger partial charge in [0.2, 0.25) is 5.95 Å². The number of carbonyl (C=O) groups is 1. The van der Waals surface area contributed by atoms with Crippen molar-refractivity contribution in [3.05, 3.63) is 70.1 Å². The summed E-state index contributed by atoms with van der Waals surface area (Å²) in [6.45, 7) is 2.75. The van der Waals surface area contributed by atoms with Crippen LogP contribution in [-0.4, -0.2) is 61.7 Å². The fraction of sp³-hybridized carbons (Fsp3) is 0.200.